The summed E-state index contributed by atoms with van der Waals surface area (Å²) in [7, 11) is 0. The maximum atomic E-state index is 10.9. The van der Waals surface area contributed by atoms with Gasteiger partial charge < -0.3 is 5.11 Å². The van der Waals surface area contributed by atoms with E-state index in [1.165, 1.54) is 0 Å². The molecular weight excluding hydrogens is 271 g/mol. The molecule has 0 amide bonds. The third kappa shape index (κ3) is 2.23. The lowest BCUT2D eigenvalue weighted by Crippen LogP contribution is -1.97. The molecule has 2 aromatic rings. The highest BCUT2D eigenvalue weighted by Gasteiger charge is 2.09. The Morgan fingerprint density at radius 2 is 1.73 bits per heavy atom. The summed E-state index contributed by atoms with van der Waals surface area (Å²) in [6.07, 6.45) is 0. The van der Waals surface area contributed by atoms with E-state index >= 15 is 0 Å². The van der Waals surface area contributed by atoms with Crippen molar-refractivity contribution in [1.29, 1.82) is 0 Å². The summed E-state index contributed by atoms with van der Waals surface area (Å²) in [5.41, 5.74) is 0.329. The molecule has 15 heavy (non-hydrogen) atoms. The van der Waals surface area contributed by atoms with Gasteiger partial charge in [-0.25, -0.2) is 4.79 Å². The summed E-state index contributed by atoms with van der Waals surface area (Å²) in [6, 6.07) is 10.9. The van der Waals surface area contributed by atoms with Gasteiger partial charge in [0.15, 0.2) is 17.4 Å². The summed E-state index contributed by atoms with van der Waals surface area (Å²) >= 11 is 3.35. The van der Waals surface area contributed by atoms with Crippen molar-refractivity contribution in [3.8, 4) is 0 Å². The van der Waals surface area contributed by atoms with E-state index in [0.717, 1.165) is 15.2 Å². The van der Waals surface area contributed by atoms with Gasteiger partial charge in [0.1, 0.15) is 0 Å². The summed E-state index contributed by atoms with van der Waals surface area (Å²) in [6.45, 7) is 0. The maximum Gasteiger partial charge on any atom is 0.336 e. The van der Waals surface area contributed by atoms with Gasteiger partial charge in [-0.1, -0.05) is 40.2 Å². The summed E-state index contributed by atoms with van der Waals surface area (Å²) in [4.78, 5) is 10.9. The molecule has 0 fully saturated rings. The molecule has 1 N–H and O–H groups in total. The fourth-order valence-electron chi connectivity index (χ4n) is 1.47. The first-order valence-corrected chi connectivity index (χ1v) is 4.90. The number of hydrogen-bond acceptors (Lipinski definition) is 1. The molecular formula is C11H10AlBrO2. The van der Waals surface area contributed by atoms with Gasteiger partial charge in [-0.15, -0.1) is 0 Å². The highest BCUT2D eigenvalue weighted by molar-refractivity contribution is 9.10. The zero-order chi connectivity index (χ0) is 10.1. The third-order valence-electron chi connectivity index (χ3n) is 2.08. The number of rotatable bonds is 1. The van der Waals surface area contributed by atoms with E-state index in [1.807, 2.05) is 24.3 Å². The van der Waals surface area contributed by atoms with Gasteiger partial charge in [-0.05, 0) is 17.5 Å². The van der Waals surface area contributed by atoms with Crippen LogP contribution in [-0.2, 0) is 0 Å². The van der Waals surface area contributed by atoms with Crippen molar-refractivity contribution in [3.05, 3.63) is 46.4 Å². The SMILES string of the molecule is O=C(O)c1cccc2cccc(Br)c12.[AlH3]. The smallest absolute Gasteiger partial charge is 0.336 e. The van der Waals surface area contributed by atoms with Crippen molar-refractivity contribution in [3.63, 3.8) is 0 Å². The first kappa shape index (κ1) is 12.3. The molecule has 0 aliphatic heterocycles. The molecule has 0 unspecified atom stereocenters. The molecule has 76 valence electrons. The first-order chi connectivity index (χ1) is 6.70. The van der Waals surface area contributed by atoms with Crippen LogP contribution in [0.5, 0.6) is 0 Å². The minimum absolute atomic E-state index is 0. The molecule has 0 bridgehead atoms. The number of carboxylic acids is 1. The Labute approximate surface area is 106 Å². The van der Waals surface area contributed by atoms with Crippen LogP contribution in [0.4, 0.5) is 0 Å². The standard InChI is InChI=1S/C11H7BrO2.Al.3H/c12-9-6-2-4-7-3-1-5-8(10(7)9)11(13)14;;;;/h1-6H,(H,13,14);;;;. The van der Waals surface area contributed by atoms with Crippen molar-refractivity contribution in [2.24, 2.45) is 0 Å². The van der Waals surface area contributed by atoms with E-state index in [9.17, 15) is 4.79 Å². The predicted molar refractivity (Wildman–Crippen MR) is 68.5 cm³/mol. The van der Waals surface area contributed by atoms with Crippen LogP contribution in [0.3, 0.4) is 0 Å². The largest absolute Gasteiger partial charge is 0.478 e. The average molecular weight is 281 g/mol. The Balaban J connectivity index is 0.00000112. The number of hydrogen-bond donors (Lipinski definition) is 1. The molecule has 0 aliphatic rings. The molecule has 2 aromatic carbocycles. The fourth-order valence-corrected chi connectivity index (χ4v) is 2.07. The van der Waals surface area contributed by atoms with E-state index in [2.05, 4.69) is 15.9 Å². The Morgan fingerprint density at radius 3 is 2.33 bits per heavy atom. The first-order valence-electron chi connectivity index (χ1n) is 4.10. The number of carbonyl (C=O) groups is 1. The molecule has 0 aliphatic carbocycles. The van der Waals surface area contributed by atoms with Crippen LogP contribution < -0.4 is 0 Å². The number of halogens is 1. The number of carboxylic acid groups (broad SMARTS) is 1. The maximum absolute atomic E-state index is 10.9. The summed E-state index contributed by atoms with van der Waals surface area (Å²) in [5.74, 6) is -0.900. The van der Waals surface area contributed by atoms with E-state index < -0.39 is 5.97 Å². The zero-order valence-electron chi connectivity index (χ0n) is 7.20. The lowest BCUT2D eigenvalue weighted by Gasteiger charge is -2.03. The minimum Gasteiger partial charge on any atom is -0.478 e. The normalized spacial score (nSPS) is 9.67. The van der Waals surface area contributed by atoms with Gasteiger partial charge in [-0.3, -0.25) is 0 Å². The van der Waals surface area contributed by atoms with Crippen molar-refractivity contribution >= 4 is 50.0 Å². The monoisotopic (exact) mass is 280 g/mol. The second-order valence-electron chi connectivity index (χ2n) is 2.95. The molecule has 0 radical (unpaired) electrons. The highest BCUT2D eigenvalue weighted by Crippen LogP contribution is 2.26. The lowest BCUT2D eigenvalue weighted by atomic mass is 10.1. The van der Waals surface area contributed by atoms with Crippen LogP contribution in [0.1, 0.15) is 10.4 Å². The number of aromatic carboxylic acids is 1. The van der Waals surface area contributed by atoms with E-state index in [4.69, 9.17) is 5.11 Å². The Morgan fingerprint density at radius 1 is 1.13 bits per heavy atom. The second kappa shape index (κ2) is 4.80. The molecule has 4 heteroatoms. The topological polar surface area (TPSA) is 37.3 Å². The van der Waals surface area contributed by atoms with E-state index in [0.29, 0.717) is 5.56 Å². The predicted octanol–water partition coefficient (Wildman–Crippen LogP) is 2.12. The van der Waals surface area contributed by atoms with E-state index in [-0.39, 0.29) is 17.4 Å². The van der Waals surface area contributed by atoms with Crippen LogP contribution in [0.15, 0.2) is 40.9 Å². The second-order valence-corrected chi connectivity index (χ2v) is 3.80. The van der Waals surface area contributed by atoms with Crippen LogP contribution in [-0.4, -0.2) is 28.4 Å². The van der Waals surface area contributed by atoms with Crippen LogP contribution >= 0.6 is 15.9 Å². The van der Waals surface area contributed by atoms with Gasteiger partial charge in [0.25, 0.3) is 0 Å². The fraction of sp³-hybridized carbons (Fsp3) is 0. The summed E-state index contributed by atoms with van der Waals surface area (Å²) in [5, 5.41) is 10.7. The number of benzene rings is 2. The Kier molecular flexibility index (Phi) is 3.92. The molecule has 2 nitrogen and oxygen atoms in total. The van der Waals surface area contributed by atoms with Gasteiger partial charge in [-0.2, -0.15) is 0 Å². The summed E-state index contributed by atoms with van der Waals surface area (Å²) < 4.78 is 0.813. The molecule has 2 rings (SSSR count). The Hall–Kier alpha value is -0.818. The Bertz CT molecular complexity index is 506. The van der Waals surface area contributed by atoms with Gasteiger partial charge in [0, 0.05) is 9.86 Å². The molecule has 0 saturated heterocycles. The van der Waals surface area contributed by atoms with Crippen molar-refractivity contribution < 1.29 is 9.90 Å². The number of fused-ring (bicyclic) bond motifs is 1. The van der Waals surface area contributed by atoms with Gasteiger partial charge >= 0.3 is 5.97 Å². The van der Waals surface area contributed by atoms with Crippen molar-refractivity contribution in [2.75, 3.05) is 0 Å². The van der Waals surface area contributed by atoms with Crippen LogP contribution in [0.25, 0.3) is 10.8 Å². The molecule has 0 heterocycles. The molecule has 0 spiro atoms. The van der Waals surface area contributed by atoms with Crippen LogP contribution in [0, 0.1) is 0 Å². The lowest BCUT2D eigenvalue weighted by molar-refractivity contribution is 0.0699. The van der Waals surface area contributed by atoms with Crippen LogP contribution in [0.2, 0.25) is 0 Å². The van der Waals surface area contributed by atoms with Gasteiger partial charge in [0.2, 0.25) is 0 Å². The molecule has 0 atom stereocenters. The van der Waals surface area contributed by atoms with Crippen molar-refractivity contribution in [1.82, 2.24) is 0 Å². The van der Waals surface area contributed by atoms with E-state index in [1.54, 1.807) is 12.1 Å². The van der Waals surface area contributed by atoms with Gasteiger partial charge in [0.05, 0.1) is 5.56 Å². The minimum atomic E-state index is -0.900. The quantitative estimate of drug-likeness (QED) is 0.813. The molecule has 0 aromatic heterocycles. The third-order valence-corrected chi connectivity index (χ3v) is 2.75. The molecule has 0 saturated carbocycles. The highest BCUT2D eigenvalue weighted by atomic mass is 79.9. The average Bonchev–Trinajstić information content (AvgIpc) is 2.17. The zero-order valence-corrected chi connectivity index (χ0v) is 8.78. The van der Waals surface area contributed by atoms with Crippen molar-refractivity contribution in [2.45, 2.75) is 0 Å².